The molecule has 1 aliphatic rings. The second-order valence-corrected chi connectivity index (χ2v) is 7.20. The van der Waals surface area contributed by atoms with E-state index in [1.807, 2.05) is 32.9 Å². The SMILES string of the molecule is CCOc1cc(C(=O)N2CC(Oc3ncccc3Br)C2)cc(OCC)c1OCC. The summed E-state index contributed by atoms with van der Waals surface area (Å²) in [5.74, 6) is 1.97. The average Bonchev–Trinajstić information content (AvgIpc) is 2.68. The van der Waals surface area contributed by atoms with E-state index < -0.39 is 0 Å². The third-order valence-electron chi connectivity index (χ3n) is 4.29. The Labute approximate surface area is 179 Å². The summed E-state index contributed by atoms with van der Waals surface area (Å²) in [6.07, 6.45) is 1.58. The second kappa shape index (κ2) is 9.82. The highest BCUT2D eigenvalue weighted by atomic mass is 79.9. The number of benzene rings is 1. The highest BCUT2D eigenvalue weighted by Crippen LogP contribution is 2.39. The molecule has 0 spiro atoms. The molecule has 1 saturated heterocycles. The van der Waals surface area contributed by atoms with Crippen LogP contribution in [0.4, 0.5) is 0 Å². The predicted octanol–water partition coefficient (Wildman–Crippen LogP) is 3.94. The van der Waals surface area contributed by atoms with E-state index in [0.717, 1.165) is 4.47 Å². The van der Waals surface area contributed by atoms with Crippen molar-refractivity contribution < 1.29 is 23.7 Å². The van der Waals surface area contributed by atoms with Crippen LogP contribution in [0, 0.1) is 0 Å². The molecule has 0 bridgehead atoms. The van der Waals surface area contributed by atoms with E-state index in [4.69, 9.17) is 18.9 Å². The van der Waals surface area contributed by atoms with Crippen molar-refractivity contribution in [2.45, 2.75) is 26.9 Å². The van der Waals surface area contributed by atoms with Crippen LogP contribution in [0.25, 0.3) is 0 Å². The molecule has 1 aromatic heterocycles. The number of halogens is 1. The Kier molecular flexibility index (Phi) is 7.19. The molecular formula is C21H25BrN2O5. The lowest BCUT2D eigenvalue weighted by atomic mass is 10.1. The molecule has 8 heteroatoms. The molecule has 0 unspecified atom stereocenters. The Balaban J connectivity index is 1.73. The Bertz CT molecular complexity index is 828. The van der Waals surface area contributed by atoms with Crippen molar-refractivity contribution in [3.63, 3.8) is 0 Å². The van der Waals surface area contributed by atoms with Gasteiger partial charge in [-0.2, -0.15) is 0 Å². The lowest BCUT2D eigenvalue weighted by Gasteiger charge is -2.38. The van der Waals surface area contributed by atoms with Crippen LogP contribution < -0.4 is 18.9 Å². The van der Waals surface area contributed by atoms with Gasteiger partial charge in [-0.15, -0.1) is 0 Å². The second-order valence-electron chi connectivity index (χ2n) is 6.34. The van der Waals surface area contributed by atoms with E-state index in [0.29, 0.717) is 61.6 Å². The molecular weight excluding hydrogens is 440 g/mol. The largest absolute Gasteiger partial charge is 0.490 e. The zero-order valence-electron chi connectivity index (χ0n) is 16.8. The van der Waals surface area contributed by atoms with E-state index in [1.165, 1.54) is 0 Å². The zero-order chi connectivity index (χ0) is 20.8. The van der Waals surface area contributed by atoms with E-state index in [1.54, 1.807) is 23.2 Å². The molecule has 1 fully saturated rings. The minimum atomic E-state index is -0.102. The third kappa shape index (κ3) is 4.93. The van der Waals surface area contributed by atoms with Crippen LogP contribution in [0.5, 0.6) is 23.1 Å². The number of nitrogens with zero attached hydrogens (tertiary/aromatic N) is 2. The van der Waals surface area contributed by atoms with Gasteiger partial charge in [0.2, 0.25) is 11.6 Å². The summed E-state index contributed by atoms with van der Waals surface area (Å²) in [5.41, 5.74) is 0.498. The van der Waals surface area contributed by atoms with Gasteiger partial charge in [0.15, 0.2) is 11.5 Å². The van der Waals surface area contributed by atoms with Gasteiger partial charge in [-0.25, -0.2) is 4.98 Å². The first-order chi connectivity index (χ1) is 14.1. The van der Waals surface area contributed by atoms with Gasteiger partial charge < -0.3 is 23.8 Å². The van der Waals surface area contributed by atoms with Crippen LogP contribution in [0.1, 0.15) is 31.1 Å². The van der Waals surface area contributed by atoms with Crippen LogP contribution in [0.2, 0.25) is 0 Å². The molecule has 1 amide bonds. The third-order valence-corrected chi connectivity index (χ3v) is 4.90. The molecule has 1 aliphatic heterocycles. The fraction of sp³-hybridized carbons (Fsp3) is 0.429. The minimum absolute atomic E-state index is 0.0921. The molecule has 2 aromatic rings. The van der Waals surface area contributed by atoms with Crippen LogP contribution >= 0.6 is 15.9 Å². The number of carbonyl (C=O) groups excluding carboxylic acids is 1. The number of likely N-dealkylation sites (tertiary alicyclic amines) is 1. The van der Waals surface area contributed by atoms with Crippen molar-refractivity contribution in [3.05, 3.63) is 40.5 Å². The van der Waals surface area contributed by atoms with Crippen molar-refractivity contribution in [3.8, 4) is 23.1 Å². The van der Waals surface area contributed by atoms with Gasteiger partial charge in [-0.1, -0.05) is 0 Å². The summed E-state index contributed by atoms with van der Waals surface area (Å²) in [7, 11) is 0. The predicted molar refractivity (Wildman–Crippen MR) is 112 cm³/mol. The molecule has 0 aliphatic carbocycles. The maximum Gasteiger partial charge on any atom is 0.254 e. The minimum Gasteiger partial charge on any atom is -0.490 e. The highest BCUT2D eigenvalue weighted by molar-refractivity contribution is 9.10. The Morgan fingerprint density at radius 1 is 1.10 bits per heavy atom. The summed E-state index contributed by atoms with van der Waals surface area (Å²) in [5, 5.41) is 0. The molecule has 0 radical (unpaired) electrons. The highest BCUT2D eigenvalue weighted by Gasteiger charge is 2.34. The van der Waals surface area contributed by atoms with Gasteiger partial charge in [0, 0.05) is 11.8 Å². The van der Waals surface area contributed by atoms with Crippen LogP contribution in [-0.2, 0) is 0 Å². The summed E-state index contributed by atoms with van der Waals surface area (Å²) >= 11 is 3.42. The summed E-state index contributed by atoms with van der Waals surface area (Å²) in [4.78, 5) is 18.9. The number of hydrogen-bond donors (Lipinski definition) is 0. The van der Waals surface area contributed by atoms with Crippen molar-refractivity contribution in [2.75, 3.05) is 32.9 Å². The molecule has 29 heavy (non-hydrogen) atoms. The van der Waals surface area contributed by atoms with Crippen LogP contribution in [0.15, 0.2) is 34.9 Å². The quantitative estimate of drug-likeness (QED) is 0.559. The fourth-order valence-electron chi connectivity index (χ4n) is 2.99. The Hall–Kier alpha value is -2.48. The van der Waals surface area contributed by atoms with E-state index >= 15 is 0 Å². The molecule has 0 N–H and O–H groups in total. The molecule has 3 rings (SSSR count). The topological polar surface area (TPSA) is 70.1 Å². The van der Waals surface area contributed by atoms with E-state index in [2.05, 4.69) is 20.9 Å². The first kappa shape index (κ1) is 21.2. The van der Waals surface area contributed by atoms with E-state index in [-0.39, 0.29) is 12.0 Å². The lowest BCUT2D eigenvalue weighted by Crippen LogP contribution is -2.56. The normalized spacial score (nSPS) is 13.6. The number of carbonyl (C=O) groups is 1. The molecule has 0 saturated carbocycles. The van der Waals surface area contributed by atoms with Gasteiger partial charge in [-0.3, -0.25) is 4.79 Å². The molecule has 0 atom stereocenters. The fourth-order valence-corrected chi connectivity index (χ4v) is 3.34. The zero-order valence-corrected chi connectivity index (χ0v) is 18.4. The van der Waals surface area contributed by atoms with Gasteiger partial charge in [-0.05, 0) is 61.0 Å². The number of aromatic nitrogens is 1. The number of hydrogen-bond acceptors (Lipinski definition) is 6. The summed E-state index contributed by atoms with van der Waals surface area (Å²) in [6.45, 7) is 8.04. The smallest absolute Gasteiger partial charge is 0.254 e. The van der Waals surface area contributed by atoms with Gasteiger partial charge in [0.1, 0.15) is 6.10 Å². The van der Waals surface area contributed by atoms with Crippen molar-refractivity contribution in [1.29, 1.82) is 0 Å². The van der Waals surface area contributed by atoms with Crippen LogP contribution in [0.3, 0.4) is 0 Å². The molecule has 156 valence electrons. The monoisotopic (exact) mass is 464 g/mol. The van der Waals surface area contributed by atoms with Crippen molar-refractivity contribution in [2.24, 2.45) is 0 Å². The Morgan fingerprint density at radius 2 is 1.72 bits per heavy atom. The van der Waals surface area contributed by atoms with Gasteiger partial charge in [0.25, 0.3) is 5.91 Å². The maximum absolute atomic E-state index is 13.0. The summed E-state index contributed by atoms with van der Waals surface area (Å²) in [6, 6.07) is 7.12. The maximum atomic E-state index is 13.0. The summed E-state index contributed by atoms with van der Waals surface area (Å²) < 4.78 is 23.7. The van der Waals surface area contributed by atoms with Gasteiger partial charge >= 0.3 is 0 Å². The number of pyridine rings is 1. The molecule has 1 aromatic carbocycles. The first-order valence-corrected chi connectivity index (χ1v) is 10.5. The Morgan fingerprint density at radius 3 is 2.28 bits per heavy atom. The molecule has 2 heterocycles. The number of rotatable bonds is 9. The molecule has 7 nitrogen and oxygen atoms in total. The number of amides is 1. The van der Waals surface area contributed by atoms with Crippen molar-refractivity contribution >= 4 is 21.8 Å². The standard InChI is InChI=1S/C21H25BrN2O5/c1-4-26-17-10-14(11-18(27-5-2)19(17)28-6-3)21(25)24-12-15(13-24)29-20-16(22)8-7-9-23-20/h7-11,15H,4-6,12-13H2,1-3H3. The van der Waals surface area contributed by atoms with E-state index in [9.17, 15) is 4.79 Å². The van der Waals surface area contributed by atoms with Crippen LogP contribution in [-0.4, -0.2) is 54.8 Å². The number of ether oxygens (including phenoxy) is 4. The van der Waals surface area contributed by atoms with Gasteiger partial charge in [0.05, 0.1) is 37.4 Å². The van der Waals surface area contributed by atoms with Crippen molar-refractivity contribution in [1.82, 2.24) is 9.88 Å². The lowest BCUT2D eigenvalue weighted by molar-refractivity contribution is 0.0156. The first-order valence-electron chi connectivity index (χ1n) is 9.70. The average molecular weight is 465 g/mol.